The monoisotopic (exact) mass is 314 g/mol. The van der Waals surface area contributed by atoms with E-state index in [-0.39, 0.29) is 16.7 Å². The Bertz CT molecular complexity index is 800. The summed E-state index contributed by atoms with van der Waals surface area (Å²) in [6, 6.07) is 12.7. The topological polar surface area (TPSA) is 72.8 Å². The second-order valence-corrected chi connectivity index (χ2v) is 4.80. The van der Waals surface area contributed by atoms with E-state index < -0.39 is 23.5 Å². The fraction of sp³-hybridized carbons (Fsp3) is 0.0588. The van der Waals surface area contributed by atoms with Crippen molar-refractivity contribution in [3.05, 3.63) is 77.3 Å². The molecule has 0 fully saturated rings. The number of hydrogen-bond acceptors (Lipinski definition) is 4. The molecule has 0 amide bonds. The fourth-order valence-corrected chi connectivity index (χ4v) is 2.33. The molecule has 1 aliphatic heterocycles. The van der Waals surface area contributed by atoms with Crippen molar-refractivity contribution in [1.29, 1.82) is 0 Å². The second kappa shape index (κ2) is 5.57. The number of carboxylic acid groups (broad SMARTS) is 1. The first-order valence-corrected chi connectivity index (χ1v) is 6.70. The summed E-state index contributed by atoms with van der Waals surface area (Å²) in [5.74, 6) is -4.24. The highest BCUT2D eigenvalue weighted by molar-refractivity contribution is 5.86. The van der Waals surface area contributed by atoms with Gasteiger partial charge in [0, 0.05) is 16.7 Å². The minimum atomic E-state index is -2.32. The first-order valence-electron chi connectivity index (χ1n) is 6.70. The predicted octanol–water partition coefficient (Wildman–Crippen LogP) is 3.08. The van der Waals surface area contributed by atoms with Crippen molar-refractivity contribution in [1.82, 2.24) is 0 Å². The van der Waals surface area contributed by atoms with E-state index in [0.29, 0.717) is 6.29 Å². The molecule has 1 aliphatic rings. The summed E-state index contributed by atoms with van der Waals surface area (Å²) in [5.41, 5.74) is 0.413. The Morgan fingerprint density at radius 1 is 1.04 bits per heavy atom. The number of benzene rings is 2. The van der Waals surface area contributed by atoms with E-state index in [1.165, 1.54) is 24.3 Å². The average molecular weight is 314 g/mol. The van der Waals surface area contributed by atoms with Crippen molar-refractivity contribution in [3.63, 3.8) is 0 Å². The van der Waals surface area contributed by atoms with Gasteiger partial charge in [-0.05, 0) is 0 Å². The molecule has 1 unspecified atom stereocenters. The van der Waals surface area contributed by atoms with Crippen molar-refractivity contribution in [2.75, 3.05) is 0 Å². The number of carbonyl (C=O) groups is 2. The molecule has 1 N–H and O–H groups in total. The summed E-state index contributed by atoms with van der Waals surface area (Å²) in [4.78, 5) is 22.8. The van der Waals surface area contributed by atoms with Crippen LogP contribution in [0.2, 0.25) is 0 Å². The zero-order valence-electron chi connectivity index (χ0n) is 11.7. The van der Waals surface area contributed by atoms with E-state index in [9.17, 15) is 19.1 Å². The number of aldehydes is 1. The van der Waals surface area contributed by atoms with Gasteiger partial charge < -0.3 is 14.6 Å². The molecule has 5 nitrogen and oxygen atoms in total. The van der Waals surface area contributed by atoms with Gasteiger partial charge in [-0.1, -0.05) is 54.6 Å². The van der Waals surface area contributed by atoms with Crippen molar-refractivity contribution in [3.8, 4) is 0 Å². The van der Waals surface area contributed by atoms with E-state index in [2.05, 4.69) is 0 Å². The summed E-state index contributed by atoms with van der Waals surface area (Å²) in [6.07, 6.45) is 0.530. The number of carbonyl (C=O) groups excluding carboxylic acids is 1. The van der Waals surface area contributed by atoms with Gasteiger partial charge in [0.2, 0.25) is 5.76 Å². The lowest BCUT2D eigenvalue weighted by Crippen LogP contribution is -2.37. The van der Waals surface area contributed by atoms with Gasteiger partial charge in [0.05, 0.1) is 0 Å². The van der Waals surface area contributed by atoms with E-state index in [1.54, 1.807) is 30.3 Å². The van der Waals surface area contributed by atoms with E-state index in [4.69, 9.17) is 9.47 Å². The van der Waals surface area contributed by atoms with Gasteiger partial charge in [0.1, 0.15) is 0 Å². The molecular weight excluding hydrogens is 303 g/mol. The molecule has 0 aromatic heterocycles. The summed E-state index contributed by atoms with van der Waals surface area (Å²) in [7, 11) is 0. The second-order valence-electron chi connectivity index (χ2n) is 4.80. The molecule has 0 bridgehead atoms. The van der Waals surface area contributed by atoms with Crippen LogP contribution in [-0.2, 0) is 20.1 Å². The van der Waals surface area contributed by atoms with Crippen molar-refractivity contribution in [2.45, 2.75) is 5.79 Å². The van der Waals surface area contributed by atoms with Gasteiger partial charge in [-0.15, -0.1) is 0 Å². The molecule has 116 valence electrons. The standard InChI is InChI=1S/C17H11FO5/c18-15-14(13-9-5-4-6-11(13)10-19)22-17(23-15,16(20)21)12-7-2-1-3-8-12/h1-10H,(H,20,21). The quantitative estimate of drug-likeness (QED) is 0.878. The molecule has 3 rings (SSSR count). The smallest absolute Gasteiger partial charge is 0.395 e. The lowest BCUT2D eigenvalue weighted by molar-refractivity contribution is -0.203. The molecule has 0 radical (unpaired) electrons. The number of ether oxygens (including phenoxy) is 2. The molecule has 0 aliphatic carbocycles. The largest absolute Gasteiger partial charge is 0.475 e. The van der Waals surface area contributed by atoms with Crippen LogP contribution in [0, 0.1) is 0 Å². The lowest BCUT2D eigenvalue weighted by Gasteiger charge is -2.23. The SMILES string of the molecule is O=Cc1ccccc1C1=C(F)OC(C(=O)O)(c2ccccc2)O1. The van der Waals surface area contributed by atoms with Crippen LogP contribution in [0.15, 0.2) is 60.6 Å². The van der Waals surface area contributed by atoms with Gasteiger partial charge in [0.15, 0.2) is 6.29 Å². The van der Waals surface area contributed by atoms with Crippen LogP contribution >= 0.6 is 0 Å². The normalized spacial score (nSPS) is 19.9. The summed E-state index contributed by atoms with van der Waals surface area (Å²) in [5, 5.41) is 9.51. The molecular formula is C17H11FO5. The molecule has 0 spiro atoms. The van der Waals surface area contributed by atoms with E-state index in [0.717, 1.165) is 0 Å². The van der Waals surface area contributed by atoms with Gasteiger partial charge in [-0.2, -0.15) is 4.39 Å². The van der Waals surface area contributed by atoms with Crippen LogP contribution in [0.4, 0.5) is 4.39 Å². The van der Waals surface area contributed by atoms with Crippen LogP contribution in [0.3, 0.4) is 0 Å². The molecule has 1 atom stereocenters. The zero-order valence-corrected chi connectivity index (χ0v) is 11.7. The van der Waals surface area contributed by atoms with Crippen LogP contribution in [-0.4, -0.2) is 17.4 Å². The van der Waals surface area contributed by atoms with Crippen LogP contribution in [0.5, 0.6) is 0 Å². The van der Waals surface area contributed by atoms with Crippen molar-refractivity contribution >= 4 is 18.0 Å². The fourth-order valence-electron chi connectivity index (χ4n) is 2.33. The summed E-state index contributed by atoms with van der Waals surface area (Å²) in [6.45, 7) is 0. The van der Waals surface area contributed by atoms with Gasteiger partial charge in [-0.25, -0.2) is 4.79 Å². The Hall–Kier alpha value is -3.15. The van der Waals surface area contributed by atoms with Gasteiger partial charge in [-0.3, -0.25) is 4.79 Å². The molecule has 23 heavy (non-hydrogen) atoms. The summed E-state index contributed by atoms with van der Waals surface area (Å²) < 4.78 is 24.6. The van der Waals surface area contributed by atoms with Crippen molar-refractivity contribution in [2.24, 2.45) is 0 Å². The third kappa shape index (κ3) is 2.34. The highest BCUT2D eigenvalue weighted by Gasteiger charge is 2.53. The molecule has 0 saturated heterocycles. The molecule has 2 aromatic carbocycles. The Morgan fingerprint density at radius 2 is 1.70 bits per heavy atom. The third-order valence-electron chi connectivity index (χ3n) is 3.43. The summed E-state index contributed by atoms with van der Waals surface area (Å²) >= 11 is 0. The number of aliphatic carboxylic acids is 1. The molecule has 6 heteroatoms. The first-order chi connectivity index (χ1) is 11.1. The maximum atomic E-state index is 14.3. The van der Waals surface area contributed by atoms with Crippen molar-refractivity contribution < 1.29 is 28.6 Å². The lowest BCUT2D eigenvalue weighted by atomic mass is 10.1. The van der Waals surface area contributed by atoms with Crippen LogP contribution in [0.1, 0.15) is 21.5 Å². The van der Waals surface area contributed by atoms with Gasteiger partial charge in [0.25, 0.3) is 0 Å². The molecule has 1 heterocycles. The Labute approximate surface area is 130 Å². The Balaban J connectivity index is 2.08. The zero-order chi connectivity index (χ0) is 16.4. The third-order valence-corrected chi connectivity index (χ3v) is 3.43. The Kier molecular flexibility index (Phi) is 3.57. The highest BCUT2D eigenvalue weighted by atomic mass is 19.1. The maximum Gasteiger partial charge on any atom is 0.395 e. The van der Waals surface area contributed by atoms with E-state index >= 15 is 0 Å². The number of hydrogen-bond donors (Lipinski definition) is 1. The minimum absolute atomic E-state index is 0.124. The highest BCUT2D eigenvalue weighted by Crippen LogP contribution is 2.44. The van der Waals surface area contributed by atoms with Crippen LogP contribution < -0.4 is 0 Å². The number of halogens is 1. The van der Waals surface area contributed by atoms with Gasteiger partial charge >= 0.3 is 17.8 Å². The predicted molar refractivity (Wildman–Crippen MR) is 77.8 cm³/mol. The van der Waals surface area contributed by atoms with Crippen LogP contribution in [0.25, 0.3) is 5.76 Å². The number of carboxylic acids is 1. The minimum Gasteiger partial charge on any atom is -0.475 e. The average Bonchev–Trinajstić information content (AvgIpc) is 2.94. The first kappa shape index (κ1) is 14.8. The maximum absolute atomic E-state index is 14.3. The molecule has 2 aromatic rings. The number of rotatable bonds is 4. The Morgan fingerprint density at radius 3 is 2.35 bits per heavy atom. The molecule has 0 saturated carbocycles. The van der Waals surface area contributed by atoms with E-state index in [1.807, 2.05) is 0 Å².